The summed E-state index contributed by atoms with van der Waals surface area (Å²) in [7, 11) is 0. The molecule has 0 saturated carbocycles. The van der Waals surface area contributed by atoms with E-state index in [9.17, 15) is 10.5 Å². The predicted octanol–water partition coefficient (Wildman–Crippen LogP) is 7.37. The summed E-state index contributed by atoms with van der Waals surface area (Å²) in [5.41, 5.74) is 5.25. The van der Waals surface area contributed by atoms with E-state index < -0.39 is 0 Å². The van der Waals surface area contributed by atoms with Crippen LogP contribution in [0, 0.1) is 22.7 Å². The second kappa shape index (κ2) is 8.58. The molecule has 5 aromatic carbocycles. The molecule has 5 aromatic rings. The normalized spacial score (nSPS) is 11.0. The highest BCUT2D eigenvalue weighted by Crippen LogP contribution is 2.41. The maximum Gasteiger partial charge on any atom is 0.0991 e. The topological polar surface area (TPSA) is 50.8 Å². The highest BCUT2D eigenvalue weighted by Gasteiger charge is 2.18. The lowest BCUT2D eigenvalue weighted by atomic mass is 9.93. The monoisotopic (exact) mass is 435 g/mol. The number of nitriles is 2. The number of allylic oxidation sites excluding steroid dienone is 1. The number of hydrogen-bond donors (Lipinski definition) is 0. The van der Waals surface area contributed by atoms with Crippen LogP contribution in [0.4, 0.5) is 17.1 Å². The van der Waals surface area contributed by atoms with Gasteiger partial charge in [0.05, 0.1) is 29.0 Å². The van der Waals surface area contributed by atoms with Gasteiger partial charge in [-0.3, -0.25) is 0 Å². The van der Waals surface area contributed by atoms with Crippen molar-refractivity contribution in [3.63, 3.8) is 0 Å². The highest BCUT2D eigenvalue weighted by molar-refractivity contribution is 6.17. The molecule has 0 aliphatic carbocycles. The molecule has 34 heavy (non-hydrogen) atoms. The minimum absolute atomic E-state index is 0.609. The van der Waals surface area contributed by atoms with Crippen molar-refractivity contribution in [2.45, 2.75) is 6.92 Å². The summed E-state index contributed by atoms with van der Waals surface area (Å²) >= 11 is 0. The molecule has 0 unspecified atom stereocenters. The third-order valence-corrected chi connectivity index (χ3v) is 6.10. The molecule has 3 nitrogen and oxygen atoms in total. The van der Waals surface area contributed by atoms with Crippen molar-refractivity contribution in [3.8, 4) is 12.1 Å². The lowest BCUT2D eigenvalue weighted by Crippen LogP contribution is -2.11. The van der Waals surface area contributed by atoms with Crippen molar-refractivity contribution in [3.05, 3.63) is 113 Å². The van der Waals surface area contributed by atoms with Crippen LogP contribution in [0.3, 0.4) is 0 Å². The highest BCUT2D eigenvalue weighted by atomic mass is 15.1. The Bertz CT molecular complexity index is 1620. The van der Waals surface area contributed by atoms with Crippen LogP contribution in [-0.2, 0) is 0 Å². The molecular weight excluding hydrogens is 414 g/mol. The van der Waals surface area contributed by atoms with Crippen LogP contribution in [0.25, 0.3) is 34.2 Å². The third kappa shape index (κ3) is 3.47. The molecule has 5 rings (SSSR count). The lowest BCUT2D eigenvalue weighted by Gasteiger charge is -2.27. The van der Waals surface area contributed by atoms with Gasteiger partial charge in [-0.05, 0) is 88.5 Å². The van der Waals surface area contributed by atoms with Gasteiger partial charge < -0.3 is 4.90 Å². The van der Waals surface area contributed by atoms with E-state index in [1.165, 1.54) is 5.39 Å². The summed E-state index contributed by atoms with van der Waals surface area (Å²) in [6, 6.07) is 32.3. The molecule has 0 N–H and O–H groups in total. The van der Waals surface area contributed by atoms with Crippen molar-refractivity contribution in [2.75, 3.05) is 4.90 Å². The Balaban J connectivity index is 1.84. The smallest absolute Gasteiger partial charge is 0.0991 e. The van der Waals surface area contributed by atoms with Crippen LogP contribution in [0.5, 0.6) is 0 Å². The van der Waals surface area contributed by atoms with E-state index in [2.05, 4.69) is 66.1 Å². The summed E-state index contributed by atoms with van der Waals surface area (Å²) in [4.78, 5) is 2.17. The first-order valence-electron chi connectivity index (χ1n) is 11.0. The van der Waals surface area contributed by atoms with E-state index in [0.717, 1.165) is 44.0 Å². The van der Waals surface area contributed by atoms with Gasteiger partial charge in [0.1, 0.15) is 0 Å². The molecule has 0 aliphatic heterocycles. The molecule has 0 heterocycles. The molecule has 0 aromatic heterocycles. The van der Waals surface area contributed by atoms with Gasteiger partial charge in [-0.15, -0.1) is 0 Å². The summed E-state index contributed by atoms with van der Waals surface area (Å²) in [5.74, 6) is 0. The predicted molar refractivity (Wildman–Crippen MR) is 141 cm³/mol. The van der Waals surface area contributed by atoms with Gasteiger partial charge in [-0.25, -0.2) is 0 Å². The van der Waals surface area contributed by atoms with Crippen molar-refractivity contribution in [1.82, 2.24) is 0 Å². The molecule has 0 atom stereocenters. The standard InChI is InChI=1S/C31H21N3/c1-3-4-24-11-17-28-29(18-12-25-10-5-21(2)30(24)31(25)28)34(26-13-6-22(19-32)7-14-26)27-15-8-23(20-33)9-16-27/h3-18H,2H2,1H3/b4-3-. The fourth-order valence-corrected chi connectivity index (χ4v) is 4.54. The van der Waals surface area contributed by atoms with Crippen molar-refractivity contribution < 1.29 is 0 Å². The largest absolute Gasteiger partial charge is 0.310 e. The Morgan fingerprint density at radius 1 is 0.706 bits per heavy atom. The fourth-order valence-electron chi connectivity index (χ4n) is 4.54. The zero-order valence-electron chi connectivity index (χ0n) is 18.8. The lowest BCUT2D eigenvalue weighted by molar-refractivity contribution is 1.29. The van der Waals surface area contributed by atoms with Gasteiger partial charge in [0, 0.05) is 16.8 Å². The molecule has 0 radical (unpaired) electrons. The van der Waals surface area contributed by atoms with E-state index >= 15 is 0 Å². The Morgan fingerprint density at radius 3 is 1.85 bits per heavy atom. The molecule has 0 bridgehead atoms. The minimum Gasteiger partial charge on any atom is -0.310 e. The Labute approximate surface area is 198 Å². The van der Waals surface area contributed by atoms with E-state index in [0.29, 0.717) is 11.1 Å². The first-order chi connectivity index (χ1) is 16.6. The van der Waals surface area contributed by atoms with Crippen molar-refractivity contribution in [2.24, 2.45) is 0 Å². The third-order valence-electron chi connectivity index (χ3n) is 6.10. The van der Waals surface area contributed by atoms with Crippen LogP contribution < -0.4 is 10.1 Å². The number of benzene rings is 5. The molecule has 0 spiro atoms. The van der Waals surface area contributed by atoms with Crippen LogP contribution >= 0.6 is 0 Å². The quantitative estimate of drug-likeness (QED) is 0.296. The van der Waals surface area contributed by atoms with Gasteiger partial charge >= 0.3 is 0 Å². The van der Waals surface area contributed by atoms with Crippen LogP contribution in [-0.4, -0.2) is 0 Å². The van der Waals surface area contributed by atoms with Gasteiger partial charge in [-0.2, -0.15) is 10.5 Å². The molecule has 160 valence electrons. The van der Waals surface area contributed by atoms with Crippen LogP contribution in [0.1, 0.15) is 23.6 Å². The number of hydrogen-bond acceptors (Lipinski definition) is 3. The number of nitrogens with zero attached hydrogens (tertiary/aromatic N) is 3. The zero-order valence-corrected chi connectivity index (χ0v) is 18.8. The molecule has 0 fully saturated rings. The van der Waals surface area contributed by atoms with E-state index in [1.54, 1.807) is 0 Å². The van der Waals surface area contributed by atoms with Crippen molar-refractivity contribution >= 4 is 51.3 Å². The van der Waals surface area contributed by atoms with E-state index in [1.807, 2.05) is 61.5 Å². The van der Waals surface area contributed by atoms with Crippen molar-refractivity contribution in [1.29, 1.82) is 10.5 Å². The fraction of sp³-hybridized carbons (Fsp3) is 0.0323. The second-order valence-electron chi connectivity index (χ2n) is 8.14. The Hall–Kier alpha value is -4.86. The average Bonchev–Trinajstić information content (AvgIpc) is 2.88. The molecule has 3 heteroatoms. The molecular formula is C31H21N3. The Morgan fingerprint density at radius 2 is 1.29 bits per heavy atom. The first-order valence-corrected chi connectivity index (χ1v) is 11.0. The zero-order chi connectivity index (χ0) is 23.7. The molecule has 0 amide bonds. The maximum absolute atomic E-state index is 9.27. The van der Waals surface area contributed by atoms with Gasteiger partial charge in [0.15, 0.2) is 0 Å². The summed E-state index contributed by atoms with van der Waals surface area (Å²) in [6.07, 6.45) is 4.17. The van der Waals surface area contributed by atoms with Gasteiger partial charge in [0.25, 0.3) is 0 Å². The van der Waals surface area contributed by atoms with Crippen LogP contribution in [0.15, 0.2) is 91.0 Å². The minimum atomic E-state index is 0.609. The summed E-state index contributed by atoms with van der Waals surface area (Å²) in [5, 5.41) is 24.1. The number of anilines is 3. The SMILES string of the molecule is C=c1ccc2ccc(N(c3ccc(C#N)cc3)c3ccc(C#N)cc3)c3ccc(/C=C\C)c1c23. The van der Waals surface area contributed by atoms with E-state index in [4.69, 9.17) is 0 Å². The number of rotatable bonds is 4. The maximum atomic E-state index is 9.27. The molecule has 0 saturated heterocycles. The average molecular weight is 436 g/mol. The van der Waals surface area contributed by atoms with Gasteiger partial charge in [-0.1, -0.05) is 49.1 Å². The summed E-state index contributed by atoms with van der Waals surface area (Å²) in [6.45, 7) is 6.34. The first kappa shape index (κ1) is 21.0. The Kier molecular flexibility index (Phi) is 5.30. The van der Waals surface area contributed by atoms with E-state index in [-0.39, 0.29) is 0 Å². The molecule has 0 aliphatic rings. The summed E-state index contributed by atoms with van der Waals surface area (Å²) < 4.78 is 0. The van der Waals surface area contributed by atoms with Gasteiger partial charge in [0.2, 0.25) is 0 Å². The van der Waals surface area contributed by atoms with Crippen LogP contribution in [0.2, 0.25) is 0 Å². The second-order valence-corrected chi connectivity index (χ2v) is 8.14.